The third-order valence-corrected chi connectivity index (χ3v) is 3.23. The van der Waals surface area contributed by atoms with Crippen LogP contribution in [0.1, 0.15) is 25.3 Å². The van der Waals surface area contributed by atoms with Gasteiger partial charge in [-0.15, -0.1) is 0 Å². The predicted molar refractivity (Wildman–Crippen MR) is 66.8 cm³/mol. The average Bonchev–Trinajstić information content (AvgIpc) is 3.19. The van der Waals surface area contributed by atoms with E-state index in [9.17, 15) is 9.59 Å². The molecule has 0 heterocycles. The Labute approximate surface area is 106 Å². The van der Waals surface area contributed by atoms with Gasteiger partial charge < -0.3 is 10.0 Å². The number of carboxylic acids is 1. The standard InChI is InChI=1S/C14H17NO3/c1-10(14(17)18)15(13(16)12-7-8-12)9-11-5-3-2-4-6-11/h2-6,10,12H,7-9H2,1H3,(H,17,18). The molecule has 1 aromatic rings. The van der Waals surface area contributed by atoms with Crippen molar-refractivity contribution in [2.24, 2.45) is 5.92 Å². The van der Waals surface area contributed by atoms with E-state index >= 15 is 0 Å². The van der Waals surface area contributed by atoms with Gasteiger partial charge in [-0.25, -0.2) is 4.79 Å². The van der Waals surface area contributed by atoms with E-state index in [2.05, 4.69) is 0 Å². The number of amides is 1. The molecule has 1 aliphatic rings. The number of benzene rings is 1. The Kier molecular flexibility index (Phi) is 3.65. The summed E-state index contributed by atoms with van der Waals surface area (Å²) in [5, 5.41) is 9.09. The van der Waals surface area contributed by atoms with Crippen molar-refractivity contribution in [3.63, 3.8) is 0 Å². The summed E-state index contributed by atoms with van der Waals surface area (Å²) >= 11 is 0. The Balaban J connectivity index is 2.13. The molecule has 0 spiro atoms. The minimum Gasteiger partial charge on any atom is -0.480 e. The van der Waals surface area contributed by atoms with Crippen LogP contribution in [-0.2, 0) is 16.1 Å². The lowest BCUT2D eigenvalue weighted by molar-refractivity contribution is -0.150. The van der Waals surface area contributed by atoms with Crippen LogP contribution in [-0.4, -0.2) is 27.9 Å². The summed E-state index contributed by atoms with van der Waals surface area (Å²) in [5.41, 5.74) is 0.958. The SMILES string of the molecule is CC(C(=O)O)N(Cc1ccccc1)C(=O)C1CC1. The van der Waals surface area contributed by atoms with Crippen molar-refractivity contribution in [3.05, 3.63) is 35.9 Å². The van der Waals surface area contributed by atoms with Crippen LogP contribution in [0.15, 0.2) is 30.3 Å². The van der Waals surface area contributed by atoms with Crippen molar-refractivity contribution >= 4 is 11.9 Å². The highest BCUT2D eigenvalue weighted by molar-refractivity contribution is 5.86. The number of aliphatic carboxylic acids is 1. The van der Waals surface area contributed by atoms with Gasteiger partial charge in [0.1, 0.15) is 6.04 Å². The van der Waals surface area contributed by atoms with Crippen LogP contribution in [0.2, 0.25) is 0 Å². The lowest BCUT2D eigenvalue weighted by Crippen LogP contribution is -2.43. The topological polar surface area (TPSA) is 57.6 Å². The Bertz CT molecular complexity index is 440. The molecule has 2 rings (SSSR count). The zero-order chi connectivity index (χ0) is 13.1. The molecule has 0 aromatic heterocycles. The number of carbonyl (C=O) groups excluding carboxylic acids is 1. The molecule has 0 saturated heterocycles. The Morgan fingerprint density at radius 2 is 1.94 bits per heavy atom. The maximum absolute atomic E-state index is 12.1. The molecule has 1 N–H and O–H groups in total. The summed E-state index contributed by atoms with van der Waals surface area (Å²) in [4.78, 5) is 24.7. The fourth-order valence-corrected chi connectivity index (χ4v) is 1.88. The molecular formula is C14H17NO3. The van der Waals surface area contributed by atoms with E-state index in [1.165, 1.54) is 4.90 Å². The van der Waals surface area contributed by atoms with Crippen molar-refractivity contribution in [3.8, 4) is 0 Å². The maximum atomic E-state index is 12.1. The first kappa shape index (κ1) is 12.6. The van der Waals surface area contributed by atoms with Crippen LogP contribution in [0, 0.1) is 5.92 Å². The molecule has 0 bridgehead atoms. The van der Waals surface area contributed by atoms with Crippen molar-refractivity contribution in [2.75, 3.05) is 0 Å². The lowest BCUT2D eigenvalue weighted by atomic mass is 10.1. The summed E-state index contributed by atoms with van der Waals surface area (Å²) in [6, 6.07) is 8.71. The number of rotatable bonds is 5. The van der Waals surface area contributed by atoms with Crippen LogP contribution in [0.5, 0.6) is 0 Å². The molecule has 1 fully saturated rings. The van der Waals surface area contributed by atoms with Gasteiger partial charge in [0.25, 0.3) is 0 Å². The molecule has 1 atom stereocenters. The Morgan fingerprint density at radius 3 is 2.44 bits per heavy atom. The highest BCUT2D eigenvalue weighted by atomic mass is 16.4. The molecule has 4 nitrogen and oxygen atoms in total. The van der Waals surface area contributed by atoms with Gasteiger partial charge in [-0.3, -0.25) is 4.79 Å². The van der Waals surface area contributed by atoms with Crippen LogP contribution < -0.4 is 0 Å². The van der Waals surface area contributed by atoms with Gasteiger partial charge in [0.2, 0.25) is 5.91 Å². The first-order valence-electron chi connectivity index (χ1n) is 6.17. The second-order valence-electron chi connectivity index (χ2n) is 4.74. The van der Waals surface area contributed by atoms with Gasteiger partial charge in [0.15, 0.2) is 0 Å². The quantitative estimate of drug-likeness (QED) is 0.864. The summed E-state index contributed by atoms with van der Waals surface area (Å²) in [5.74, 6) is -0.954. The average molecular weight is 247 g/mol. The number of hydrogen-bond acceptors (Lipinski definition) is 2. The van der Waals surface area contributed by atoms with Crippen molar-refractivity contribution < 1.29 is 14.7 Å². The van der Waals surface area contributed by atoms with Gasteiger partial charge in [-0.1, -0.05) is 30.3 Å². The molecule has 1 aromatic carbocycles. The molecule has 0 aliphatic heterocycles. The fourth-order valence-electron chi connectivity index (χ4n) is 1.88. The molecule has 96 valence electrons. The Hall–Kier alpha value is -1.84. The van der Waals surface area contributed by atoms with E-state index in [-0.39, 0.29) is 11.8 Å². The van der Waals surface area contributed by atoms with Gasteiger partial charge in [0, 0.05) is 12.5 Å². The fraction of sp³-hybridized carbons (Fsp3) is 0.429. The molecule has 1 amide bonds. The molecule has 4 heteroatoms. The van der Waals surface area contributed by atoms with E-state index in [0.29, 0.717) is 6.54 Å². The summed E-state index contributed by atoms with van der Waals surface area (Å²) in [7, 11) is 0. The van der Waals surface area contributed by atoms with Gasteiger partial charge in [-0.05, 0) is 25.3 Å². The maximum Gasteiger partial charge on any atom is 0.326 e. The molecule has 0 radical (unpaired) electrons. The largest absolute Gasteiger partial charge is 0.480 e. The number of nitrogens with zero attached hydrogens (tertiary/aromatic N) is 1. The molecule has 1 saturated carbocycles. The zero-order valence-corrected chi connectivity index (χ0v) is 10.4. The number of carbonyl (C=O) groups is 2. The van der Waals surface area contributed by atoms with E-state index < -0.39 is 12.0 Å². The third kappa shape index (κ3) is 2.88. The van der Waals surface area contributed by atoms with Crippen molar-refractivity contribution in [1.82, 2.24) is 4.90 Å². The number of hydrogen-bond donors (Lipinski definition) is 1. The van der Waals surface area contributed by atoms with Crippen LogP contribution >= 0.6 is 0 Å². The van der Waals surface area contributed by atoms with E-state index in [4.69, 9.17) is 5.11 Å². The molecule has 1 aliphatic carbocycles. The van der Waals surface area contributed by atoms with Gasteiger partial charge in [-0.2, -0.15) is 0 Å². The minimum absolute atomic E-state index is 0.0336. The second kappa shape index (κ2) is 5.21. The Morgan fingerprint density at radius 1 is 1.33 bits per heavy atom. The molecular weight excluding hydrogens is 230 g/mol. The molecule has 1 unspecified atom stereocenters. The summed E-state index contributed by atoms with van der Waals surface area (Å²) in [6.45, 7) is 1.93. The van der Waals surface area contributed by atoms with E-state index in [1.807, 2.05) is 30.3 Å². The van der Waals surface area contributed by atoms with Crippen LogP contribution in [0.25, 0.3) is 0 Å². The minimum atomic E-state index is -0.958. The van der Waals surface area contributed by atoms with Crippen molar-refractivity contribution in [2.45, 2.75) is 32.4 Å². The van der Waals surface area contributed by atoms with Gasteiger partial charge >= 0.3 is 5.97 Å². The zero-order valence-electron chi connectivity index (χ0n) is 10.4. The highest BCUT2D eigenvalue weighted by Gasteiger charge is 2.36. The lowest BCUT2D eigenvalue weighted by Gasteiger charge is -2.26. The van der Waals surface area contributed by atoms with E-state index in [0.717, 1.165) is 18.4 Å². The second-order valence-corrected chi connectivity index (χ2v) is 4.74. The first-order chi connectivity index (χ1) is 8.59. The first-order valence-corrected chi connectivity index (χ1v) is 6.17. The van der Waals surface area contributed by atoms with Gasteiger partial charge in [0.05, 0.1) is 0 Å². The monoisotopic (exact) mass is 247 g/mol. The van der Waals surface area contributed by atoms with E-state index in [1.54, 1.807) is 6.92 Å². The normalized spacial score (nSPS) is 16.1. The third-order valence-electron chi connectivity index (χ3n) is 3.23. The summed E-state index contributed by atoms with van der Waals surface area (Å²) < 4.78 is 0. The van der Waals surface area contributed by atoms with Crippen molar-refractivity contribution in [1.29, 1.82) is 0 Å². The molecule has 18 heavy (non-hydrogen) atoms. The highest BCUT2D eigenvalue weighted by Crippen LogP contribution is 2.32. The summed E-state index contributed by atoms with van der Waals surface area (Å²) in [6.07, 6.45) is 1.77. The number of carboxylic acid groups (broad SMARTS) is 1. The van der Waals surface area contributed by atoms with Crippen LogP contribution in [0.4, 0.5) is 0 Å². The smallest absolute Gasteiger partial charge is 0.326 e. The van der Waals surface area contributed by atoms with Crippen LogP contribution in [0.3, 0.4) is 0 Å². The predicted octanol–water partition coefficient (Wildman–Crippen LogP) is 1.90.